The maximum Gasteiger partial charge on any atom is 0.123 e. The van der Waals surface area contributed by atoms with Crippen molar-refractivity contribution in [2.75, 3.05) is 0 Å². The smallest absolute Gasteiger partial charge is 0.123 e. The summed E-state index contributed by atoms with van der Waals surface area (Å²) in [6.45, 7) is 2.11. The number of aryl methyl sites for hydroxylation is 1. The van der Waals surface area contributed by atoms with Crippen LogP contribution < -0.4 is 5.73 Å². The molecule has 2 heteroatoms. The van der Waals surface area contributed by atoms with Gasteiger partial charge in [0.05, 0.1) is 6.04 Å². The molecule has 1 atom stereocenters. The molecule has 17 heavy (non-hydrogen) atoms. The average molecular weight is 229 g/mol. The highest BCUT2D eigenvalue weighted by Gasteiger charge is 2.09. The summed E-state index contributed by atoms with van der Waals surface area (Å²) in [6.07, 6.45) is 1.01. The molecule has 2 aromatic carbocycles. The van der Waals surface area contributed by atoms with Crippen molar-refractivity contribution < 1.29 is 4.39 Å². The molecule has 2 aromatic rings. The van der Waals surface area contributed by atoms with Crippen molar-refractivity contribution in [3.63, 3.8) is 0 Å². The van der Waals surface area contributed by atoms with Gasteiger partial charge in [0.15, 0.2) is 0 Å². The van der Waals surface area contributed by atoms with Crippen molar-refractivity contribution in [1.29, 1.82) is 0 Å². The number of benzene rings is 2. The molecule has 88 valence electrons. The number of rotatable bonds is 3. The Labute approximate surface area is 101 Å². The van der Waals surface area contributed by atoms with Gasteiger partial charge >= 0.3 is 0 Å². The van der Waals surface area contributed by atoms with Crippen molar-refractivity contribution in [3.8, 4) is 0 Å². The molecule has 0 aliphatic rings. The second kappa shape index (κ2) is 5.11. The molecule has 0 aliphatic heterocycles. The van der Waals surface area contributed by atoms with Gasteiger partial charge in [0, 0.05) is 0 Å². The third-order valence-electron chi connectivity index (χ3n) is 2.95. The van der Waals surface area contributed by atoms with Crippen LogP contribution in [0.4, 0.5) is 4.39 Å². The van der Waals surface area contributed by atoms with Gasteiger partial charge in [0.1, 0.15) is 5.82 Å². The van der Waals surface area contributed by atoms with E-state index in [2.05, 4.69) is 19.1 Å². The van der Waals surface area contributed by atoms with E-state index in [1.165, 1.54) is 17.7 Å². The van der Waals surface area contributed by atoms with E-state index < -0.39 is 0 Å². The van der Waals surface area contributed by atoms with Crippen LogP contribution in [0.5, 0.6) is 0 Å². The van der Waals surface area contributed by atoms with Gasteiger partial charge in [-0.15, -0.1) is 0 Å². The van der Waals surface area contributed by atoms with Gasteiger partial charge in [-0.3, -0.25) is 0 Å². The first-order valence-electron chi connectivity index (χ1n) is 5.80. The van der Waals surface area contributed by atoms with Gasteiger partial charge in [-0.2, -0.15) is 0 Å². The molecule has 0 aliphatic carbocycles. The average Bonchev–Trinajstić information content (AvgIpc) is 2.38. The van der Waals surface area contributed by atoms with Crippen molar-refractivity contribution >= 4 is 0 Å². The van der Waals surface area contributed by atoms with E-state index in [-0.39, 0.29) is 11.9 Å². The molecule has 0 saturated carbocycles. The first-order valence-corrected chi connectivity index (χ1v) is 5.80. The first kappa shape index (κ1) is 11.8. The molecule has 0 spiro atoms. The van der Waals surface area contributed by atoms with Crippen molar-refractivity contribution in [1.82, 2.24) is 0 Å². The highest BCUT2D eigenvalue weighted by Crippen LogP contribution is 2.20. The van der Waals surface area contributed by atoms with Gasteiger partial charge in [-0.05, 0) is 35.2 Å². The van der Waals surface area contributed by atoms with Gasteiger partial charge in [-0.1, -0.05) is 43.3 Å². The van der Waals surface area contributed by atoms with Crippen LogP contribution >= 0.6 is 0 Å². The predicted octanol–water partition coefficient (Wildman–Crippen LogP) is 3.44. The monoisotopic (exact) mass is 229 g/mol. The largest absolute Gasteiger partial charge is 0.320 e. The van der Waals surface area contributed by atoms with Crippen LogP contribution in [-0.2, 0) is 6.42 Å². The fourth-order valence-corrected chi connectivity index (χ4v) is 1.85. The molecular weight excluding hydrogens is 213 g/mol. The molecule has 0 saturated heterocycles. The van der Waals surface area contributed by atoms with E-state index in [0.29, 0.717) is 0 Å². The summed E-state index contributed by atoms with van der Waals surface area (Å²) in [5.74, 6) is -0.247. The van der Waals surface area contributed by atoms with E-state index in [1.54, 1.807) is 6.07 Å². The molecule has 0 fully saturated rings. The maximum absolute atomic E-state index is 13.1. The van der Waals surface area contributed by atoms with Gasteiger partial charge < -0.3 is 5.73 Å². The Morgan fingerprint density at radius 3 is 2.35 bits per heavy atom. The minimum Gasteiger partial charge on any atom is -0.320 e. The molecule has 1 nitrogen and oxygen atoms in total. The fraction of sp³-hybridized carbons (Fsp3) is 0.200. The highest BCUT2D eigenvalue weighted by atomic mass is 19.1. The molecule has 0 unspecified atom stereocenters. The zero-order valence-corrected chi connectivity index (χ0v) is 9.86. The normalized spacial score (nSPS) is 12.4. The van der Waals surface area contributed by atoms with Crippen LogP contribution in [0.25, 0.3) is 0 Å². The molecule has 0 amide bonds. The minimum atomic E-state index is -0.267. The van der Waals surface area contributed by atoms with Gasteiger partial charge in [0.2, 0.25) is 0 Å². The van der Waals surface area contributed by atoms with Crippen molar-refractivity contribution in [2.45, 2.75) is 19.4 Å². The van der Waals surface area contributed by atoms with Crippen LogP contribution in [0.15, 0.2) is 48.5 Å². The number of nitrogens with two attached hydrogens (primary N) is 1. The highest BCUT2D eigenvalue weighted by molar-refractivity contribution is 5.33. The Bertz CT molecular complexity index is 491. The Morgan fingerprint density at radius 2 is 1.76 bits per heavy atom. The minimum absolute atomic E-state index is 0.247. The Balaban J connectivity index is 2.27. The van der Waals surface area contributed by atoms with Crippen molar-refractivity contribution in [2.24, 2.45) is 5.73 Å². The molecule has 0 aromatic heterocycles. The second-order valence-corrected chi connectivity index (χ2v) is 4.13. The number of hydrogen-bond donors (Lipinski definition) is 1. The quantitative estimate of drug-likeness (QED) is 0.857. The van der Waals surface area contributed by atoms with Crippen LogP contribution in [-0.4, -0.2) is 0 Å². The summed E-state index contributed by atoms with van der Waals surface area (Å²) < 4.78 is 13.1. The van der Waals surface area contributed by atoms with Crippen LogP contribution in [0, 0.1) is 5.82 Å². The van der Waals surface area contributed by atoms with E-state index in [4.69, 9.17) is 5.73 Å². The zero-order valence-electron chi connectivity index (χ0n) is 9.86. The Morgan fingerprint density at radius 1 is 1.06 bits per heavy atom. The van der Waals surface area contributed by atoms with Crippen LogP contribution in [0.2, 0.25) is 0 Å². The van der Waals surface area contributed by atoms with E-state index >= 15 is 0 Å². The van der Waals surface area contributed by atoms with Crippen LogP contribution in [0.1, 0.15) is 29.7 Å². The summed E-state index contributed by atoms with van der Waals surface area (Å²) in [5, 5.41) is 0. The fourth-order valence-electron chi connectivity index (χ4n) is 1.85. The summed E-state index contributed by atoms with van der Waals surface area (Å²) in [4.78, 5) is 0. The standard InChI is InChI=1S/C15H16FN/c1-2-11-6-8-12(9-7-11)15(17)13-4-3-5-14(16)10-13/h3-10,15H,2,17H2,1H3/t15-/m1/s1. The number of halogens is 1. The summed E-state index contributed by atoms with van der Waals surface area (Å²) >= 11 is 0. The third-order valence-corrected chi connectivity index (χ3v) is 2.95. The zero-order chi connectivity index (χ0) is 12.3. The van der Waals surface area contributed by atoms with E-state index in [0.717, 1.165) is 17.5 Å². The van der Waals surface area contributed by atoms with Gasteiger partial charge in [-0.25, -0.2) is 4.39 Å². The molecule has 0 bridgehead atoms. The molecule has 2 N–H and O–H groups in total. The van der Waals surface area contributed by atoms with E-state index in [1.807, 2.05) is 18.2 Å². The Hall–Kier alpha value is -1.67. The lowest BCUT2D eigenvalue weighted by Crippen LogP contribution is -2.11. The van der Waals surface area contributed by atoms with Crippen molar-refractivity contribution in [3.05, 3.63) is 71.0 Å². The topological polar surface area (TPSA) is 26.0 Å². The summed E-state index contributed by atoms with van der Waals surface area (Å²) in [5.41, 5.74) is 9.20. The molecule has 0 radical (unpaired) electrons. The van der Waals surface area contributed by atoms with E-state index in [9.17, 15) is 4.39 Å². The van der Waals surface area contributed by atoms with Crippen LogP contribution in [0.3, 0.4) is 0 Å². The first-order chi connectivity index (χ1) is 8.20. The Kier molecular flexibility index (Phi) is 3.55. The second-order valence-electron chi connectivity index (χ2n) is 4.13. The van der Waals surface area contributed by atoms with Gasteiger partial charge in [0.25, 0.3) is 0 Å². The maximum atomic E-state index is 13.1. The summed E-state index contributed by atoms with van der Waals surface area (Å²) in [7, 11) is 0. The lowest BCUT2D eigenvalue weighted by atomic mass is 9.98. The lowest BCUT2D eigenvalue weighted by molar-refractivity contribution is 0.623. The number of hydrogen-bond acceptors (Lipinski definition) is 1. The molecule has 2 rings (SSSR count). The summed E-state index contributed by atoms with van der Waals surface area (Å²) in [6, 6.07) is 14.3. The SMILES string of the molecule is CCc1ccc([C@@H](N)c2cccc(F)c2)cc1. The molecular formula is C15H16FN. The third kappa shape index (κ3) is 2.71. The lowest BCUT2D eigenvalue weighted by Gasteiger charge is -2.13. The molecule has 0 heterocycles. The predicted molar refractivity (Wildman–Crippen MR) is 68.3 cm³/mol.